The molecule has 1 aromatic heterocycles. The van der Waals surface area contributed by atoms with Gasteiger partial charge in [-0.05, 0) is 31.2 Å². The van der Waals surface area contributed by atoms with Gasteiger partial charge in [-0.1, -0.05) is 24.3 Å². The number of ketones is 1. The summed E-state index contributed by atoms with van der Waals surface area (Å²) in [5, 5.41) is 8.19. The van der Waals surface area contributed by atoms with Crippen LogP contribution in [0.5, 0.6) is 0 Å². The number of para-hydroxylation sites is 1. The average Bonchev–Trinajstić information content (AvgIpc) is 3.36. The van der Waals surface area contributed by atoms with Crippen LogP contribution in [0.1, 0.15) is 13.3 Å². The van der Waals surface area contributed by atoms with Gasteiger partial charge < -0.3 is 4.42 Å². The van der Waals surface area contributed by atoms with E-state index in [1.807, 2.05) is 6.07 Å². The van der Waals surface area contributed by atoms with Crippen LogP contribution in [0.15, 0.2) is 64.3 Å². The van der Waals surface area contributed by atoms with E-state index in [9.17, 15) is 18.4 Å². The van der Waals surface area contributed by atoms with Gasteiger partial charge in [0, 0.05) is 6.42 Å². The minimum Gasteiger partial charge on any atom is -0.431 e. The second kappa shape index (κ2) is 7.86. The van der Waals surface area contributed by atoms with Crippen molar-refractivity contribution in [2.45, 2.75) is 19.4 Å². The summed E-state index contributed by atoms with van der Waals surface area (Å²) in [5.41, 5.74) is 0.332. The zero-order valence-electron chi connectivity index (χ0n) is 15.8. The fourth-order valence-corrected chi connectivity index (χ4v) is 3.14. The number of aromatic nitrogens is 1. The number of nitrogens with one attached hydrogen (secondary N) is 1. The molecular weight excluding hydrogens is 394 g/mol. The number of hydrogen-bond acceptors (Lipinski definition) is 6. The molecule has 0 aliphatic carbocycles. The zero-order chi connectivity index (χ0) is 21.3. The first-order valence-corrected chi connectivity index (χ1v) is 9.07. The number of hydrazone groups is 1. The maximum absolute atomic E-state index is 13.9. The summed E-state index contributed by atoms with van der Waals surface area (Å²) >= 11 is 0. The molecule has 0 spiro atoms. The Morgan fingerprint density at radius 2 is 1.80 bits per heavy atom. The number of anilines is 2. The molecule has 2 aromatic carbocycles. The standard InChI is InChI=1S/C21H16F2N4O3/c1-12(28)18-10-16(26-27(18)13-6-3-2-4-7-13)20(29)25-21-24-17(11-30-21)19-14(22)8-5-9-15(19)23/h2-9,11,18H,10H2,1H3,(H,24,25,29)/t18-/m0/s1. The fourth-order valence-electron chi connectivity index (χ4n) is 3.14. The van der Waals surface area contributed by atoms with Gasteiger partial charge in [-0.15, -0.1) is 0 Å². The molecule has 1 N–H and O–H groups in total. The van der Waals surface area contributed by atoms with Crippen LogP contribution in [-0.2, 0) is 9.59 Å². The molecule has 9 heteroatoms. The Morgan fingerprint density at radius 3 is 2.47 bits per heavy atom. The van der Waals surface area contributed by atoms with Crippen molar-refractivity contribution >= 4 is 29.1 Å². The van der Waals surface area contributed by atoms with Gasteiger partial charge >= 0.3 is 6.01 Å². The summed E-state index contributed by atoms with van der Waals surface area (Å²) in [5.74, 6) is -2.37. The van der Waals surface area contributed by atoms with E-state index in [4.69, 9.17) is 4.42 Å². The minimum atomic E-state index is -0.802. The Labute approximate surface area is 170 Å². The molecule has 0 saturated carbocycles. The van der Waals surface area contributed by atoms with E-state index in [-0.39, 0.29) is 35.2 Å². The molecule has 0 unspecified atom stereocenters. The predicted molar refractivity (Wildman–Crippen MR) is 106 cm³/mol. The third-order valence-corrected chi connectivity index (χ3v) is 4.61. The average molecular weight is 410 g/mol. The summed E-state index contributed by atoms with van der Waals surface area (Å²) in [4.78, 5) is 28.6. The quantitative estimate of drug-likeness (QED) is 0.692. The number of Topliss-reactive ketones (excluding diaryl/α,β-unsaturated/α-hetero) is 1. The molecule has 0 bridgehead atoms. The number of benzene rings is 2. The van der Waals surface area contributed by atoms with Crippen LogP contribution < -0.4 is 10.3 Å². The molecule has 0 saturated heterocycles. The highest BCUT2D eigenvalue weighted by Gasteiger charge is 2.34. The molecule has 0 fully saturated rings. The van der Waals surface area contributed by atoms with Crippen LogP contribution in [0.2, 0.25) is 0 Å². The molecule has 7 nitrogen and oxygen atoms in total. The second-order valence-corrected chi connectivity index (χ2v) is 6.65. The van der Waals surface area contributed by atoms with Crippen LogP contribution in [0, 0.1) is 11.6 Å². The van der Waals surface area contributed by atoms with E-state index in [0.29, 0.717) is 5.69 Å². The van der Waals surface area contributed by atoms with Crippen molar-refractivity contribution in [3.8, 4) is 11.3 Å². The first kappa shape index (κ1) is 19.4. The Bertz CT molecular complexity index is 1120. The molecule has 152 valence electrons. The molecule has 1 aliphatic heterocycles. The molecule has 30 heavy (non-hydrogen) atoms. The smallest absolute Gasteiger partial charge is 0.302 e. The van der Waals surface area contributed by atoms with Gasteiger partial charge in [-0.3, -0.25) is 19.9 Å². The van der Waals surface area contributed by atoms with E-state index >= 15 is 0 Å². The number of carbonyl (C=O) groups excluding carboxylic acids is 2. The van der Waals surface area contributed by atoms with Gasteiger partial charge in [0.1, 0.15) is 35.3 Å². The van der Waals surface area contributed by atoms with Crippen LogP contribution >= 0.6 is 0 Å². The zero-order valence-corrected chi connectivity index (χ0v) is 15.8. The Morgan fingerprint density at radius 1 is 1.10 bits per heavy atom. The highest BCUT2D eigenvalue weighted by Crippen LogP contribution is 2.28. The number of halogens is 2. The number of oxazole rings is 1. The number of carbonyl (C=O) groups is 2. The van der Waals surface area contributed by atoms with E-state index in [2.05, 4.69) is 15.4 Å². The fraction of sp³-hybridized carbons (Fsp3) is 0.143. The molecule has 2 heterocycles. The van der Waals surface area contributed by atoms with Crippen molar-refractivity contribution in [1.82, 2.24) is 4.98 Å². The van der Waals surface area contributed by atoms with Crippen LogP contribution in [0.4, 0.5) is 20.5 Å². The van der Waals surface area contributed by atoms with Crippen molar-refractivity contribution in [1.29, 1.82) is 0 Å². The van der Waals surface area contributed by atoms with Gasteiger partial charge in [-0.2, -0.15) is 10.1 Å². The molecule has 1 amide bonds. The largest absolute Gasteiger partial charge is 0.431 e. The molecule has 1 aliphatic rings. The molecule has 4 rings (SSSR count). The van der Waals surface area contributed by atoms with Crippen LogP contribution in [0.25, 0.3) is 11.3 Å². The summed E-state index contributed by atoms with van der Waals surface area (Å²) < 4.78 is 33.0. The highest BCUT2D eigenvalue weighted by atomic mass is 19.1. The van der Waals surface area contributed by atoms with Gasteiger partial charge in [0.25, 0.3) is 5.91 Å². The first-order valence-electron chi connectivity index (χ1n) is 9.07. The minimum absolute atomic E-state index is 0.0956. The van der Waals surface area contributed by atoms with E-state index in [0.717, 1.165) is 18.4 Å². The SMILES string of the molecule is CC(=O)[C@@H]1CC(C(=O)Nc2nc(-c3c(F)cccc3F)co2)=NN1c1ccccc1. The Balaban J connectivity index is 1.55. The third-order valence-electron chi connectivity index (χ3n) is 4.61. The lowest BCUT2D eigenvalue weighted by atomic mass is 10.1. The summed E-state index contributed by atoms with van der Waals surface area (Å²) in [6.07, 6.45) is 1.15. The third kappa shape index (κ3) is 3.69. The number of rotatable bonds is 5. The lowest BCUT2D eigenvalue weighted by Gasteiger charge is -2.20. The highest BCUT2D eigenvalue weighted by molar-refractivity contribution is 6.44. The maximum Gasteiger partial charge on any atom is 0.302 e. The first-order chi connectivity index (χ1) is 14.4. The van der Waals surface area contributed by atoms with E-state index < -0.39 is 23.6 Å². The van der Waals surface area contributed by atoms with Crippen molar-refractivity contribution in [2.24, 2.45) is 5.10 Å². The van der Waals surface area contributed by atoms with E-state index in [1.54, 1.807) is 24.3 Å². The molecular formula is C21H16F2N4O3. The topological polar surface area (TPSA) is 87.8 Å². The lowest BCUT2D eigenvalue weighted by molar-refractivity contribution is -0.118. The number of nitrogens with zero attached hydrogens (tertiary/aromatic N) is 3. The molecule has 3 aromatic rings. The predicted octanol–water partition coefficient (Wildman–Crippen LogP) is 3.78. The second-order valence-electron chi connectivity index (χ2n) is 6.65. The van der Waals surface area contributed by atoms with Gasteiger partial charge in [0.2, 0.25) is 0 Å². The Kier molecular flexibility index (Phi) is 5.09. The number of amides is 1. The maximum atomic E-state index is 13.9. The van der Waals surface area contributed by atoms with Crippen LogP contribution in [-0.4, -0.2) is 28.4 Å². The normalized spacial score (nSPS) is 15.8. The van der Waals surface area contributed by atoms with E-state index in [1.165, 1.54) is 18.0 Å². The van der Waals surface area contributed by atoms with Crippen molar-refractivity contribution in [3.05, 3.63) is 66.4 Å². The van der Waals surface area contributed by atoms with Gasteiger partial charge in [0.05, 0.1) is 11.3 Å². The Hall–Kier alpha value is -3.88. The summed E-state index contributed by atoms with van der Waals surface area (Å²) in [7, 11) is 0. The molecule has 1 atom stereocenters. The number of hydrogen-bond donors (Lipinski definition) is 1. The van der Waals surface area contributed by atoms with Crippen molar-refractivity contribution in [3.63, 3.8) is 0 Å². The van der Waals surface area contributed by atoms with Gasteiger partial charge in [0.15, 0.2) is 5.78 Å². The summed E-state index contributed by atoms with van der Waals surface area (Å²) in [6.45, 7) is 1.43. The van der Waals surface area contributed by atoms with Gasteiger partial charge in [-0.25, -0.2) is 8.78 Å². The van der Waals surface area contributed by atoms with Crippen molar-refractivity contribution in [2.75, 3.05) is 10.3 Å². The van der Waals surface area contributed by atoms with Crippen molar-refractivity contribution < 1.29 is 22.8 Å². The molecule has 0 radical (unpaired) electrons. The van der Waals surface area contributed by atoms with Crippen LogP contribution in [0.3, 0.4) is 0 Å². The lowest BCUT2D eigenvalue weighted by Crippen LogP contribution is -2.33. The summed E-state index contributed by atoms with van der Waals surface area (Å²) in [6, 6.07) is 11.6. The monoisotopic (exact) mass is 410 g/mol.